The number of carboxylic acid groups (broad SMARTS) is 1. The van der Waals surface area contributed by atoms with Gasteiger partial charge in [0.25, 0.3) is 0 Å². The molecule has 0 spiro atoms. The second-order valence-electron chi connectivity index (χ2n) is 5.78. The Hall–Kier alpha value is -2.72. The van der Waals surface area contributed by atoms with Gasteiger partial charge in [-0.05, 0) is 12.5 Å². The number of nitrogens with zero attached hydrogens (tertiary/aromatic N) is 2. The second kappa shape index (κ2) is 8.11. The summed E-state index contributed by atoms with van der Waals surface area (Å²) in [4.78, 5) is 23.6. The lowest BCUT2D eigenvalue weighted by Gasteiger charge is -2.18. The molecule has 9 nitrogen and oxygen atoms in total. The van der Waals surface area contributed by atoms with E-state index < -0.39 is 34.0 Å². The summed E-state index contributed by atoms with van der Waals surface area (Å²) >= 11 is 0. The van der Waals surface area contributed by atoms with Crippen LogP contribution in [0.15, 0.2) is 47.6 Å². The van der Waals surface area contributed by atoms with Crippen LogP contribution in [0, 0.1) is 0 Å². The SMILES string of the molecule is CC(NS(=O)(=O)c1cnn(C)c1)C(=O)N[C@H](Cc1ccccc1)C(=O)O. The van der Waals surface area contributed by atoms with E-state index in [9.17, 15) is 23.1 Å². The van der Waals surface area contributed by atoms with Crippen LogP contribution in [0.2, 0.25) is 0 Å². The average Bonchev–Trinajstić information content (AvgIpc) is 3.02. The molecule has 1 aromatic carbocycles. The Morgan fingerprint density at radius 1 is 1.27 bits per heavy atom. The van der Waals surface area contributed by atoms with Crippen molar-refractivity contribution in [2.24, 2.45) is 7.05 Å². The van der Waals surface area contributed by atoms with Crippen molar-refractivity contribution in [2.75, 3.05) is 0 Å². The van der Waals surface area contributed by atoms with E-state index in [1.165, 1.54) is 17.8 Å². The van der Waals surface area contributed by atoms with Crippen molar-refractivity contribution >= 4 is 21.9 Å². The van der Waals surface area contributed by atoms with E-state index in [0.717, 1.165) is 11.8 Å². The summed E-state index contributed by atoms with van der Waals surface area (Å²) in [6.45, 7) is 1.34. The van der Waals surface area contributed by atoms with Gasteiger partial charge in [-0.25, -0.2) is 13.2 Å². The van der Waals surface area contributed by atoms with Crippen LogP contribution in [0.5, 0.6) is 0 Å². The molecule has 0 radical (unpaired) electrons. The summed E-state index contributed by atoms with van der Waals surface area (Å²) in [6, 6.07) is 6.50. The highest BCUT2D eigenvalue weighted by atomic mass is 32.2. The number of nitrogens with one attached hydrogen (secondary N) is 2. The van der Waals surface area contributed by atoms with E-state index in [-0.39, 0.29) is 11.3 Å². The van der Waals surface area contributed by atoms with Gasteiger partial charge in [-0.1, -0.05) is 30.3 Å². The van der Waals surface area contributed by atoms with E-state index in [0.29, 0.717) is 0 Å². The van der Waals surface area contributed by atoms with Crippen LogP contribution in [0.4, 0.5) is 0 Å². The number of hydrogen-bond acceptors (Lipinski definition) is 5. The summed E-state index contributed by atoms with van der Waals surface area (Å²) in [5.74, 6) is -1.94. The van der Waals surface area contributed by atoms with Crippen molar-refractivity contribution < 1.29 is 23.1 Å². The Balaban J connectivity index is 2.03. The standard InChI is InChI=1S/C16H20N4O5S/c1-11(19-26(24,25)13-9-17-20(2)10-13)15(21)18-14(16(22)23)8-12-6-4-3-5-7-12/h3-7,9-11,14,19H,8H2,1-2H3,(H,18,21)(H,22,23)/t11?,14-/m1/s1. The zero-order valence-corrected chi connectivity index (χ0v) is 15.1. The Kier molecular flexibility index (Phi) is 6.11. The normalized spacial score (nSPS) is 13.8. The number of sulfonamides is 1. The first-order valence-corrected chi connectivity index (χ1v) is 9.25. The fourth-order valence-electron chi connectivity index (χ4n) is 2.24. The molecule has 1 aromatic heterocycles. The van der Waals surface area contributed by atoms with Gasteiger partial charge >= 0.3 is 5.97 Å². The fourth-order valence-corrected chi connectivity index (χ4v) is 3.42. The lowest BCUT2D eigenvalue weighted by molar-refractivity contribution is -0.141. The lowest BCUT2D eigenvalue weighted by atomic mass is 10.1. The summed E-state index contributed by atoms with van der Waals surface area (Å²) in [5.41, 5.74) is 0.740. The second-order valence-corrected chi connectivity index (χ2v) is 7.50. The number of aryl methyl sites for hydroxylation is 1. The number of carbonyl (C=O) groups is 2. The smallest absolute Gasteiger partial charge is 0.326 e. The van der Waals surface area contributed by atoms with Gasteiger partial charge in [0.15, 0.2) is 0 Å². The third-order valence-electron chi connectivity index (χ3n) is 3.61. The summed E-state index contributed by atoms with van der Waals surface area (Å²) < 4.78 is 27.9. The van der Waals surface area contributed by atoms with Gasteiger partial charge < -0.3 is 10.4 Å². The molecule has 2 atom stereocenters. The third kappa shape index (κ3) is 5.14. The molecule has 1 amide bonds. The van der Waals surface area contributed by atoms with Crippen LogP contribution in [0.25, 0.3) is 0 Å². The van der Waals surface area contributed by atoms with Gasteiger partial charge in [0.2, 0.25) is 15.9 Å². The minimum atomic E-state index is -3.94. The minimum Gasteiger partial charge on any atom is -0.480 e. The maximum absolute atomic E-state index is 12.2. The summed E-state index contributed by atoms with van der Waals surface area (Å²) in [5, 5.41) is 15.4. The highest BCUT2D eigenvalue weighted by Crippen LogP contribution is 2.08. The number of carboxylic acids is 1. The zero-order valence-electron chi connectivity index (χ0n) is 14.3. The Morgan fingerprint density at radius 3 is 2.46 bits per heavy atom. The Morgan fingerprint density at radius 2 is 1.92 bits per heavy atom. The van der Waals surface area contributed by atoms with Crippen molar-refractivity contribution in [1.29, 1.82) is 0 Å². The molecule has 0 fully saturated rings. The number of rotatable bonds is 8. The molecule has 0 aliphatic heterocycles. The summed E-state index contributed by atoms with van der Waals surface area (Å²) in [6.07, 6.45) is 2.54. The molecule has 0 bridgehead atoms. The lowest BCUT2D eigenvalue weighted by Crippen LogP contribution is -2.50. The predicted octanol–water partition coefficient (Wildman–Crippen LogP) is -0.101. The number of aromatic nitrogens is 2. The summed E-state index contributed by atoms with van der Waals surface area (Å²) in [7, 11) is -2.37. The fraction of sp³-hybridized carbons (Fsp3) is 0.312. The molecule has 0 saturated heterocycles. The topological polar surface area (TPSA) is 130 Å². The van der Waals surface area contributed by atoms with Crippen molar-refractivity contribution in [1.82, 2.24) is 19.8 Å². The van der Waals surface area contributed by atoms with Crippen LogP contribution in [-0.4, -0.2) is 47.3 Å². The molecule has 10 heteroatoms. The molecule has 2 rings (SSSR count). The van der Waals surface area contributed by atoms with Crippen LogP contribution in [-0.2, 0) is 33.1 Å². The van der Waals surface area contributed by atoms with E-state index in [4.69, 9.17) is 0 Å². The Labute approximate surface area is 151 Å². The number of aliphatic carboxylic acids is 1. The molecule has 1 unspecified atom stereocenters. The first-order valence-electron chi connectivity index (χ1n) is 7.77. The number of carbonyl (C=O) groups excluding carboxylic acids is 1. The van der Waals surface area contributed by atoms with Gasteiger partial charge in [-0.15, -0.1) is 0 Å². The van der Waals surface area contributed by atoms with E-state index in [1.807, 2.05) is 0 Å². The molecule has 0 aliphatic rings. The van der Waals surface area contributed by atoms with Gasteiger partial charge in [-0.2, -0.15) is 9.82 Å². The van der Waals surface area contributed by atoms with E-state index in [2.05, 4.69) is 15.1 Å². The molecular weight excluding hydrogens is 360 g/mol. The van der Waals surface area contributed by atoms with Crippen molar-refractivity contribution in [3.8, 4) is 0 Å². The molecule has 26 heavy (non-hydrogen) atoms. The van der Waals surface area contributed by atoms with Crippen LogP contribution < -0.4 is 10.0 Å². The number of hydrogen-bond donors (Lipinski definition) is 3. The van der Waals surface area contributed by atoms with Crippen molar-refractivity contribution in [3.05, 3.63) is 48.3 Å². The number of amides is 1. The third-order valence-corrected chi connectivity index (χ3v) is 5.11. The van der Waals surface area contributed by atoms with E-state index >= 15 is 0 Å². The predicted molar refractivity (Wildman–Crippen MR) is 92.7 cm³/mol. The monoisotopic (exact) mass is 380 g/mol. The average molecular weight is 380 g/mol. The van der Waals surface area contributed by atoms with Gasteiger partial charge in [0.1, 0.15) is 10.9 Å². The van der Waals surface area contributed by atoms with Gasteiger partial charge in [0, 0.05) is 19.7 Å². The van der Waals surface area contributed by atoms with Gasteiger partial charge in [0.05, 0.1) is 12.2 Å². The number of benzene rings is 1. The molecule has 140 valence electrons. The maximum atomic E-state index is 12.2. The van der Waals surface area contributed by atoms with Crippen LogP contribution in [0.1, 0.15) is 12.5 Å². The molecule has 0 aliphatic carbocycles. The molecule has 2 aromatic rings. The molecule has 1 heterocycles. The van der Waals surface area contributed by atoms with Crippen LogP contribution >= 0.6 is 0 Å². The highest BCUT2D eigenvalue weighted by molar-refractivity contribution is 7.89. The van der Waals surface area contributed by atoms with Crippen molar-refractivity contribution in [2.45, 2.75) is 30.3 Å². The zero-order chi connectivity index (χ0) is 19.3. The first-order chi connectivity index (χ1) is 12.2. The maximum Gasteiger partial charge on any atom is 0.326 e. The first kappa shape index (κ1) is 19.6. The molecule has 3 N–H and O–H groups in total. The largest absolute Gasteiger partial charge is 0.480 e. The highest BCUT2D eigenvalue weighted by Gasteiger charge is 2.27. The quantitative estimate of drug-likeness (QED) is 0.586. The van der Waals surface area contributed by atoms with Crippen molar-refractivity contribution in [3.63, 3.8) is 0 Å². The molecular formula is C16H20N4O5S. The minimum absolute atomic E-state index is 0.0845. The van der Waals surface area contributed by atoms with Gasteiger partial charge in [-0.3, -0.25) is 9.48 Å². The van der Waals surface area contributed by atoms with E-state index in [1.54, 1.807) is 37.4 Å². The Bertz CT molecular complexity index is 879. The molecule has 0 saturated carbocycles. The van der Waals surface area contributed by atoms with Crippen LogP contribution in [0.3, 0.4) is 0 Å².